The van der Waals surface area contributed by atoms with Gasteiger partial charge >= 0.3 is 0 Å². The Hall–Kier alpha value is -3.03. The van der Waals surface area contributed by atoms with E-state index in [1.807, 2.05) is 41.1 Å². The van der Waals surface area contributed by atoms with Crippen LogP contribution in [-0.4, -0.2) is 37.7 Å². The molecule has 0 radical (unpaired) electrons. The van der Waals surface area contributed by atoms with Gasteiger partial charge in [-0.05, 0) is 48.7 Å². The van der Waals surface area contributed by atoms with Crippen molar-refractivity contribution in [2.24, 2.45) is 0 Å². The number of hydrogen-bond acceptors (Lipinski definition) is 5. The van der Waals surface area contributed by atoms with Gasteiger partial charge in [-0.2, -0.15) is 0 Å². The quantitative estimate of drug-likeness (QED) is 0.467. The summed E-state index contributed by atoms with van der Waals surface area (Å²) in [7, 11) is 0. The number of anilines is 1. The van der Waals surface area contributed by atoms with Crippen LogP contribution in [0, 0.1) is 0 Å². The molecule has 0 aliphatic carbocycles. The lowest BCUT2D eigenvalue weighted by atomic mass is 9.84. The van der Waals surface area contributed by atoms with Crippen LogP contribution in [-0.2, 0) is 5.60 Å². The Morgan fingerprint density at radius 1 is 0.903 bits per heavy atom. The Bertz CT molecular complexity index is 1150. The highest BCUT2D eigenvalue weighted by molar-refractivity contribution is 9.10. The molecule has 0 spiro atoms. The summed E-state index contributed by atoms with van der Waals surface area (Å²) >= 11 is 3.46. The first-order valence-corrected chi connectivity index (χ1v) is 11.1. The summed E-state index contributed by atoms with van der Waals surface area (Å²) in [6.45, 7) is 1.41. The third-order valence-corrected chi connectivity index (χ3v) is 6.39. The smallest absolute Gasteiger partial charge is 0.225 e. The first-order chi connectivity index (χ1) is 15.1. The Kier molecular flexibility index (Phi) is 5.29. The number of rotatable bonds is 4. The standard InChI is InChI=1S/C24H22BrN5O/c25-20-5-3-19(4-6-20)24(31)10-14-29(15-11-24)23-27-12-9-22(28-23)18-1-7-21(8-2-18)30-16-13-26-17-30/h1-9,12-13,16-17,31H,10-11,14-15H2. The van der Waals surface area contributed by atoms with Crippen LogP contribution in [0.5, 0.6) is 0 Å². The molecular weight excluding hydrogens is 454 g/mol. The number of aromatic nitrogens is 4. The predicted octanol–water partition coefficient (Wildman–Crippen LogP) is 4.58. The average Bonchev–Trinajstić information content (AvgIpc) is 3.35. The van der Waals surface area contributed by atoms with Gasteiger partial charge in [-0.3, -0.25) is 0 Å². The van der Waals surface area contributed by atoms with Crippen molar-refractivity contribution in [3.05, 3.63) is 89.6 Å². The monoisotopic (exact) mass is 475 g/mol. The maximum absolute atomic E-state index is 11.1. The molecule has 0 bridgehead atoms. The number of piperidine rings is 1. The van der Waals surface area contributed by atoms with Gasteiger partial charge in [-0.25, -0.2) is 15.0 Å². The van der Waals surface area contributed by atoms with Crippen molar-refractivity contribution >= 4 is 21.9 Å². The molecule has 5 rings (SSSR count). The van der Waals surface area contributed by atoms with E-state index in [4.69, 9.17) is 4.98 Å². The average molecular weight is 476 g/mol. The molecule has 2 aromatic heterocycles. The number of imidazole rings is 1. The Morgan fingerprint density at radius 2 is 1.65 bits per heavy atom. The topological polar surface area (TPSA) is 67.1 Å². The summed E-state index contributed by atoms with van der Waals surface area (Å²) < 4.78 is 2.98. The second-order valence-electron chi connectivity index (χ2n) is 7.78. The lowest BCUT2D eigenvalue weighted by Crippen LogP contribution is -2.43. The molecule has 1 saturated heterocycles. The minimum Gasteiger partial charge on any atom is -0.385 e. The van der Waals surface area contributed by atoms with Gasteiger partial charge in [-0.15, -0.1) is 0 Å². The van der Waals surface area contributed by atoms with E-state index in [0.717, 1.165) is 27.0 Å². The number of benzene rings is 2. The summed E-state index contributed by atoms with van der Waals surface area (Å²) in [4.78, 5) is 15.5. The third-order valence-electron chi connectivity index (χ3n) is 5.86. The van der Waals surface area contributed by atoms with Gasteiger partial charge in [0.25, 0.3) is 0 Å². The van der Waals surface area contributed by atoms with Crippen LogP contribution in [0.4, 0.5) is 5.95 Å². The molecule has 31 heavy (non-hydrogen) atoms. The van der Waals surface area contributed by atoms with Crippen molar-refractivity contribution in [3.63, 3.8) is 0 Å². The summed E-state index contributed by atoms with van der Waals surface area (Å²) in [5, 5.41) is 11.1. The number of nitrogens with zero attached hydrogens (tertiary/aromatic N) is 5. The van der Waals surface area contributed by atoms with Crippen LogP contribution in [0.1, 0.15) is 18.4 Å². The van der Waals surface area contributed by atoms with E-state index in [-0.39, 0.29) is 0 Å². The lowest BCUT2D eigenvalue weighted by molar-refractivity contribution is 0.0115. The molecule has 0 unspecified atom stereocenters. The van der Waals surface area contributed by atoms with Crippen LogP contribution in [0.15, 0.2) is 84.0 Å². The second kappa shape index (κ2) is 8.24. The first-order valence-electron chi connectivity index (χ1n) is 10.3. The van der Waals surface area contributed by atoms with Crippen molar-refractivity contribution < 1.29 is 5.11 Å². The molecule has 0 amide bonds. The second-order valence-corrected chi connectivity index (χ2v) is 8.70. The zero-order valence-corrected chi connectivity index (χ0v) is 18.5. The highest BCUT2D eigenvalue weighted by Crippen LogP contribution is 2.34. The molecule has 3 heterocycles. The molecule has 156 valence electrons. The molecule has 7 heteroatoms. The molecule has 0 atom stereocenters. The van der Waals surface area contributed by atoms with Gasteiger partial charge in [0, 0.05) is 47.4 Å². The zero-order chi connectivity index (χ0) is 21.3. The van der Waals surface area contributed by atoms with Gasteiger partial charge in [0.1, 0.15) is 0 Å². The van der Waals surface area contributed by atoms with E-state index in [2.05, 4.69) is 55.1 Å². The van der Waals surface area contributed by atoms with Crippen LogP contribution < -0.4 is 4.90 Å². The Morgan fingerprint density at radius 3 is 2.32 bits per heavy atom. The minimum absolute atomic E-state index is 0.641. The predicted molar refractivity (Wildman–Crippen MR) is 124 cm³/mol. The fourth-order valence-corrected chi connectivity index (χ4v) is 4.27. The van der Waals surface area contributed by atoms with Gasteiger partial charge in [-0.1, -0.05) is 40.2 Å². The van der Waals surface area contributed by atoms with Gasteiger partial charge < -0.3 is 14.6 Å². The first kappa shape index (κ1) is 19.9. The molecule has 0 saturated carbocycles. The molecule has 1 N–H and O–H groups in total. The lowest BCUT2D eigenvalue weighted by Gasteiger charge is -2.38. The third kappa shape index (κ3) is 4.11. The van der Waals surface area contributed by atoms with E-state index in [0.29, 0.717) is 31.9 Å². The van der Waals surface area contributed by atoms with Gasteiger partial charge in [0.05, 0.1) is 17.6 Å². The van der Waals surface area contributed by atoms with E-state index in [1.54, 1.807) is 18.7 Å². The van der Waals surface area contributed by atoms with Crippen molar-refractivity contribution in [1.29, 1.82) is 0 Å². The number of aliphatic hydroxyl groups is 1. The molecule has 6 nitrogen and oxygen atoms in total. The van der Waals surface area contributed by atoms with Crippen LogP contribution >= 0.6 is 15.9 Å². The normalized spacial score (nSPS) is 15.7. The minimum atomic E-state index is -0.808. The molecule has 2 aromatic carbocycles. The highest BCUT2D eigenvalue weighted by atomic mass is 79.9. The van der Waals surface area contributed by atoms with Gasteiger partial charge in [0.15, 0.2) is 0 Å². The van der Waals surface area contributed by atoms with Crippen molar-refractivity contribution in [1.82, 2.24) is 19.5 Å². The number of hydrogen-bond donors (Lipinski definition) is 1. The van der Waals surface area contributed by atoms with Crippen molar-refractivity contribution in [2.75, 3.05) is 18.0 Å². The summed E-state index contributed by atoms with van der Waals surface area (Å²) in [5.74, 6) is 0.703. The van der Waals surface area contributed by atoms with Crippen molar-refractivity contribution in [3.8, 4) is 16.9 Å². The molecular formula is C24H22BrN5O. The molecule has 4 aromatic rings. The van der Waals surface area contributed by atoms with E-state index < -0.39 is 5.60 Å². The summed E-state index contributed by atoms with van der Waals surface area (Å²) in [5.41, 5.74) is 3.13. The van der Waals surface area contributed by atoms with E-state index in [9.17, 15) is 5.11 Å². The highest BCUT2D eigenvalue weighted by Gasteiger charge is 2.34. The fraction of sp³-hybridized carbons (Fsp3) is 0.208. The van der Waals surface area contributed by atoms with Crippen molar-refractivity contribution in [2.45, 2.75) is 18.4 Å². The Balaban J connectivity index is 1.31. The molecule has 1 aliphatic rings. The van der Waals surface area contributed by atoms with Crippen LogP contribution in [0.3, 0.4) is 0 Å². The number of halogens is 1. The van der Waals surface area contributed by atoms with E-state index >= 15 is 0 Å². The SMILES string of the molecule is OC1(c2ccc(Br)cc2)CCN(c2nccc(-c3ccc(-n4ccnc4)cc3)n2)CC1. The fourth-order valence-electron chi connectivity index (χ4n) is 4.00. The van der Waals surface area contributed by atoms with Crippen LogP contribution in [0.25, 0.3) is 16.9 Å². The Labute approximate surface area is 189 Å². The van der Waals surface area contributed by atoms with Crippen LogP contribution in [0.2, 0.25) is 0 Å². The van der Waals surface area contributed by atoms with E-state index in [1.165, 1.54) is 0 Å². The summed E-state index contributed by atoms with van der Waals surface area (Å²) in [6.07, 6.45) is 8.55. The molecule has 1 fully saturated rings. The maximum Gasteiger partial charge on any atom is 0.225 e. The summed E-state index contributed by atoms with van der Waals surface area (Å²) in [6, 6.07) is 18.1. The molecule has 1 aliphatic heterocycles. The zero-order valence-electron chi connectivity index (χ0n) is 16.9. The maximum atomic E-state index is 11.1. The van der Waals surface area contributed by atoms with Gasteiger partial charge in [0.2, 0.25) is 5.95 Å². The largest absolute Gasteiger partial charge is 0.385 e.